The van der Waals surface area contributed by atoms with Crippen molar-refractivity contribution in [3.63, 3.8) is 0 Å². The largest absolute Gasteiger partial charge is 0.269 e. The molecule has 2 rings (SSSR count). The van der Waals surface area contributed by atoms with E-state index in [4.69, 9.17) is 0 Å². The summed E-state index contributed by atoms with van der Waals surface area (Å²) in [6, 6.07) is 10.4. The van der Waals surface area contributed by atoms with E-state index in [-0.39, 0.29) is 0 Å². The molecule has 1 aromatic rings. The summed E-state index contributed by atoms with van der Waals surface area (Å²) >= 11 is 0. The third-order valence-corrected chi connectivity index (χ3v) is 2.00. The average molecular weight is 169 g/mol. The standard InChI is InChI=1S/C12H11N/c1-2-5-11(6-3-1)12-7-4-9-13-10-8-12/h1-3,5-10H,4H2. The minimum absolute atomic E-state index is 0.914. The van der Waals surface area contributed by atoms with Crippen LogP contribution in [-0.2, 0) is 0 Å². The van der Waals surface area contributed by atoms with Crippen LogP contribution in [0.3, 0.4) is 0 Å². The van der Waals surface area contributed by atoms with Crippen molar-refractivity contribution >= 4 is 11.8 Å². The maximum Gasteiger partial charge on any atom is 0.0270 e. The Labute approximate surface area is 78.1 Å². The van der Waals surface area contributed by atoms with E-state index in [1.54, 1.807) is 0 Å². The predicted molar refractivity (Wildman–Crippen MR) is 56.7 cm³/mol. The van der Waals surface area contributed by atoms with Crippen molar-refractivity contribution in [2.24, 2.45) is 4.99 Å². The molecule has 1 nitrogen and oxygen atoms in total. The number of benzene rings is 1. The molecule has 13 heavy (non-hydrogen) atoms. The molecule has 0 unspecified atom stereocenters. The summed E-state index contributed by atoms with van der Waals surface area (Å²) in [5.74, 6) is 0. The van der Waals surface area contributed by atoms with Crippen molar-refractivity contribution in [2.75, 3.05) is 0 Å². The van der Waals surface area contributed by atoms with Gasteiger partial charge in [0.1, 0.15) is 0 Å². The summed E-state index contributed by atoms with van der Waals surface area (Å²) in [7, 11) is 0. The van der Waals surface area contributed by atoms with Gasteiger partial charge in [-0.05, 0) is 17.2 Å². The van der Waals surface area contributed by atoms with Crippen LogP contribution in [0.25, 0.3) is 5.57 Å². The van der Waals surface area contributed by atoms with E-state index in [2.05, 4.69) is 35.3 Å². The van der Waals surface area contributed by atoms with Crippen molar-refractivity contribution in [3.05, 3.63) is 54.2 Å². The smallest absolute Gasteiger partial charge is 0.0270 e. The monoisotopic (exact) mass is 169 g/mol. The molecule has 0 saturated carbocycles. The highest BCUT2D eigenvalue weighted by Crippen LogP contribution is 2.16. The Morgan fingerprint density at radius 3 is 2.77 bits per heavy atom. The molecule has 0 radical (unpaired) electrons. The maximum atomic E-state index is 4.09. The summed E-state index contributed by atoms with van der Waals surface area (Å²) in [6.07, 6.45) is 8.89. The first-order valence-corrected chi connectivity index (χ1v) is 4.40. The van der Waals surface area contributed by atoms with Crippen LogP contribution in [0.5, 0.6) is 0 Å². The lowest BCUT2D eigenvalue weighted by Crippen LogP contribution is -1.78. The van der Waals surface area contributed by atoms with Crippen LogP contribution < -0.4 is 0 Å². The van der Waals surface area contributed by atoms with Crippen LogP contribution in [0.1, 0.15) is 12.0 Å². The number of rotatable bonds is 1. The lowest BCUT2D eigenvalue weighted by Gasteiger charge is -1.99. The lowest BCUT2D eigenvalue weighted by atomic mass is 10.1. The van der Waals surface area contributed by atoms with Crippen molar-refractivity contribution < 1.29 is 0 Å². The lowest BCUT2D eigenvalue weighted by molar-refractivity contribution is 1.50. The zero-order chi connectivity index (χ0) is 8.93. The number of hydrogen-bond acceptors (Lipinski definition) is 1. The number of nitrogens with zero attached hydrogens (tertiary/aromatic N) is 1. The van der Waals surface area contributed by atoms with E-state index < -0.39 is 0 Å². The Morgan fingerprint density at radius 1 is 1.08 bits per heavy atom. The average Bonchev–Trinajstić information content (AvgIpc) is 2.47. The molecule has 0 atom stereocenters. The molecule has 1 aliphatic heterocycles. The van der Waals surface area contributed by atoms with E-state index in [0.29, 0.717) is 0 Å². The van der Waals surface area contributed by atoms with Gasteiger partial charge in [-0.25, -0.2) is 0 Å². The SMILES string of the molecule is C1=CC(c2ccccc2)=CCC=N1. The zero-order valence-corrected chi connectivity index (χ0v) is 7.35. The molecule has 0 aliphatic carbocycles. The Morgan fingerprint density at radius 2 is 1.92 bits per heavy atom. The van der Waals surface area contributed by atoms with Gasteiger partial charge in [0.05, 0.1) is 0 Å². The fourth-order valence-electron chi connectivity index (χ4n) is 1.34. The van der Waals surface area contributed by atoms with Crippen molar-refractivity contribution in [1.82, 2.24) is 0 Å². The van der Waals surface area contributed by atoms with Gasteiger partial charge < -0.3 is 0 Å². The van der Waals surface area contributed by atoms with E-state index >= 15 is 0 Å². The molecule has 1 aromatic carbocycles. The molecule has 0 N–H and O–H groups in total. The van der Waals surface area contributed by atoms with Gasteiger partial charge in [-0.3, -0.25) is 4.99 Å². The van der Waals surface area contributed by atoms with Crippen LogP contribution in [0, 0.1) is 0 Å². The van der Waals surface area contributed by atoms with Crippen LogP contribution in [0.2, 0.25) is 0 Å². The predicted octanol–water partition coefficient (Wildman–Crippen LogP) is 3.06. The second-order valence-corrected chi connectivity index (χ2v) is 2.91. The Balaban J connectivity index is 2.32. The fourth-order valence-corrected chi connectivity index (χ4v) is 1.34. The summed E-state index contributed by atoms with van der Waals surface area (Å²) < 4.78 is 0. The number of allylic oxidation sites excluding steroid dienone is 3. The summed E-state index contributed by atoms with van der Waals surface area (Å²) in [6.45, 7) is 0. The normalized spacial score (nSPS) is 15.2. The van der Waals surface area contributed by atoms with Gasteiger partial charge in [0.2, 0.25) is 0 Å². The van der Waals surface area contributed by atoms with Crippen molar-refractivity contribution in [2.45, 2.75) is 6.42 Å². The summed E-state index contributed by atoms with van der Waals surface area (Å²) in [5.41, 5.74) is 2.50. The maximum absolute atomic E-state index is 4.09. The molecule has 0 aromatic heterocycles. The van der Waals surface area contributed by atoms with Crippen LogP contribution >= 0.6 is 0 Å². The van der Waals surface area contributed by atoms with Gasteiger partial charge in [-0.15, -0.1) is 0 Å². The first-order chi connectivity index (χ1) is 6.47. The third-order valence-electron chi connectivity index (χ3n) is 2.00. The van der Waals surface area contributed by atoms with Crippen molar-refractivity contribution in [3.8, 4) is 0 Å². The number of aliphatic imine (C=N–C) groups is 1. The van der Waals surface area contributed by atoms with Gasteiger partial charge in [0, 0.05) is 18.8 Å². The zero-order valence-electron chi connectivity index (χ0n) is 7.35. The van der Waals surface area contributed by atoms with Crippen molar-refractivity contribution in [1.29, 1.82) is 0 Å². The summed E-state index contributed by atoms with van der Waals surface area (Å²) in [4.78, 5) is 4.09. The van der Waals surface area contributed by atoms with Gasteiger partial charge >= 0.3 is 0 Å². The molecule has 0 bridgehead atoms. The molecule has 1 heterocycles. The molecular formula is C12H11N. The Kier molecular flexibility index (Phi) is 2.37. The molecule has 0 saturated heterocycles. The highest BCUT2D eigenvalue weighted by molar-refractivity contribution is 5.78. The van der Waals surface area contributed by atoms with Gasteiger partial charge in [0.25, 0.3) is 0 Å². The van der Waals surface area contributed by atoms with Crippen LogP contribution in [-0.4, -0.2) is 6.21 Å². The molecule has 1 heteroatoms. The van der Waals surface area contributed by atoms with E-state index in [1.165, 1.54) is 11.1 Å². The first kappa shape index (κ1) is 7.99. The molecule has 1 aliphatic rings. The fraction of sp³-hybridized carbons (Fsp3) is 0.0833. The molecule has 0 spiro atoms. The molecule has 0 fully saturated rings. The van der Waals surface area contributed by atoms with E-state index in [9.17, 15) is 0 Å². The minimum atomic E-state index is 0.914. The van der Waals surface area contributed by atoms with Gasteiger partial charge in [-0.2, -0.15) is 0 Å². The second-order valence-electron chi connectivity index (χ2n) is 2.91. The van der Waals surface area contributed by atoms with Gasteiger partial charge in [-0.1, -0.05) is 36.4 Å². The van der Waals surface area contributed by atoms with Crippen LogP contribution in [0.15, 0.2) is 53.7 Å². The Bertz CT molecular complexity index is 358. The molecule has 64 valence electrons. The topological polar surface area (TPSA) is 12.4 Å². The van der Waals surface area contributed by atoms with E-state index in [1.807, 2.05) is 24.6 Å². The van der Waals surface area contributed by atoms with Gasteiger partial charge in [0.15, 0.2) is 0 Å². The third kappa shape index (κ3) is 1.94. The minimum Gasteiger partial charge on any atom is -0.269 e. The highest BCUT2D eigenvalue weighted by Gasteiger charge is 1.96. The second kappa shape index (κ2) is 3.85. The highest BCUT2D eigenvalue weighted by atomic mass is 14.7. The van der Waals surface area contributed by atoms with Crippen LogP contribution in [0.4, 0.5) is 0 Å². The summed E-state index contributed by atoms with van der Waals surface area (Å²) in [5, 5.41) is 0. The quantitative estimate of drug-likeness (QED) is 0.612. The number of hydrogen-bond donors (Lipinski definition) is 0. The van der Waals surface area contributed by atoms with E-state index in [0.717, 1.165) is 6.42 Å². The molecule has 0 amide bonds. The first-order valence-electron chi connectivity index (χ1n) is 4.40. The molecular weight excluding hydrogens is 158 g/mol. The Hall–Kier alpha value is -1.63.